The van der Waals surface area contributed by atoms with Gasteiger partial charge in [-0.3, -0.25) is 4.79 Å². The van der Waals surface area contributed by atoms with Gasteiger partial charge >= 0.3 is 5.97 Å². The third-order valence-corrected chi connectivity index (χ3v) is 4.69. The predicted molar refractivity (Wildman–Crippen MR) is 109 cm³/mol. The number of nitrogens with zero attached hydrogens (tertiary/aromatic N) is 2. The molecule has 152 valence electrons. The van der Waals surface area contributed by atoms with Gasteiger partial charge in [-0.15, -0.1) is 0 Å². The Bertz CT molecular complexity index is 1100. The van der Waals surface area contributed by atoms with Crippen LogP contribution in [0.5, 0.6) is 0 Å². The van der Waals surface area contributed by atoms with Gasteiger partial charge in [0.15, 0.2) is 0 Å². The molecule has 2 heterocycles. The Hall–Kier alpha value is -3.98. The Morgan fingerprint density at radius 2 is 2.03 bits per heavy atom. The summed E-state index contributed by atoms with van der Waals surface area (Å²) < 4.78 is 5.00. The summed E-state index contributed by atoms with van der Waals surface area (Å²) in [4.78, 5) is 31.9. The van der Waals surface area contributed by atoms with Crippen LogP contribution in [0, 0.1) is 0 Å². The topological polar surface area (TPSA) is 139 Å². The molecule has 1 aromatic heterocycles. The van der Waals surface area contributed by atoms with Gasteiger partial charge in [-0.1, -0.05) is 30.3 Å². The number of hydrogen-bond acceptors (Lipinski definition) is 8. The first-order chi connectivity index (χ1) is 14.5. The molecule has 0 unspecified atom stereocenters. The molecule has 9 nitrogen and oxygen atoms in total. The third-order valence-electron chi connectivity index (χ3n) is 4.69. The van der Waals surface area contributed by atoms with Gasteiger partial charge in [-0.25, -0.2) is 9.78 Å². The molecule has 4 rings (SSSR count). The summed E-state index contributed by atoms with van der Waals surface area (Å²) in [5, 5.41) is 15.9. The van der Waals surface area contributed by atoms with E-state index in [0.717, 1.165) is 11.1 Å². The number of esters is 1. The van der Waals surface area contributed by atoms with Crippen molar-refractivity contribution in [3.63, 3.8) is 0 Å². The highest BCUT2D eigenvalue weighted by molar-refractivity contribution is 5.97. The molecule has 1 atom stereocenters. The number of benzene rings is 2. The number of amides is 1. The number of carbonyl (C=O) groups is 2. The molecule has 0 saturated carbocycles. The van der Waals surface area contributed by atoms with Crippen LogP contribution in [0.3, 0.4) is 0 Å². The maximum atomic E-state index is 11.8. The molecule has 30 heavy (non-hydrogen) atoms. The van der Waals surface area contributed by atoms with E-state index in [4.69, 9.17) is 10.5 Å². The Balaban J connectivity index is 1.61. The number of nitrogens with two attached hydrogens (primary N) is 1. The smallest absolute Gasteiger partial charge is 0.338 e. The summed E-state index contributed by atoms with van der Waals surface area (Å²) >= 11 is 0. The van der Waals surface area contributed by atoms with Gasteiger partial charge in [0, 0.05) is 17.4 Å². The van der Waals surface area contributed by atoms with Crippen LogP contribution in [0.2, 0.25) is 0 Å². The van der Waals surface area contributed by atoms with Crippen molar-refractivity contribution < 1.29 is 19.4 Å². The first kappa shape index (κ1) is 19.3. The molecule has 0 spiro atoms. The van der Waals surface area contributed by atoms with Crippen LogP contribution in [0.4, 0.5) is 17.5 Å². The number of aromatic nitrogens is 2. The normalized spacial score (nSPS) is 13.3. The number of aliphatic hydroxyl groups excluding tert-OH is 1. The first-order valence-electron chi connectivity index (χ1n) is 9.21. The molecular formula is C21H19N5O4. The summed E-state index contributed by atoms with van der Waals surface area (Å²) in [5.74, 6) is -0.622. The first-order valence-corrected chi connectivity index (χ1v) is 9.21. The van der Waals surface area contributed by atoms with Gasteiger partial charge in [0.2, 0.25) is 5.95 Å². The van der Waals surface area contributed by atoms with E-state index in [1.807, 2.05) is 30.3 Å². The molecule has 0 radical (unpaired) electrons. The third kappa shape index (κ3) is 3.91. The molecule has 0 saturated heterocycles. The zero-order chi connectivity index (χ0) is 21.1. The quantitative estimate of drug-likeness (QED) is 0.438. The second kappa shape index (κ2) is 8.18. The number of carbonyl (C=O) groups excluding carboxylic acids is 2. The van der Waals surface area contributed by atoms with Crippen molar-refractivity contribution in [1.82, 2.24) is 9.97 Å². The summed E-state index contributed by atoms with van der Waals surface area (Å²) in [6.07, 6.45) is 1.32. The Morgan fingerprint density at radius 1 is 1.23 bits per heavy atom. The van der Waals surface area contributed by atoms with Crippen molar-refractivity contribution >= 4 is 29.3 Å². The predicted octanol–water partition coefficient (Wildman–Crippen LogP) is 2.13. The highest BCUT2D eigenvalue weighted by atomic mass is 16.5. The molecule has 1 amide bonds. The number of nitrogens with one attached hydrogen (secondary N) is 2. The lowest BCUT2D eigenvalue weighted by molar-refractivity contribution is 0.0535. The fraction of sp³-hybridized carbons (Fsp3) is 0.143. The number of anilines is 3. The van der Waals surface area contributed by atoms with Crippen molar-refractivity contribution in [3.05, 3.63) is 77.0 Å². The lowest BCUT2D eigenvalue weighted by Crippen LogP contribution is -2.21. The van der Waals surface area contributed by atoms with Gasteiger partial charge in [0.25, 0.3) is 5.91 Å². The van der Waals surface area contributed by atoms with Gasteiger partial charge in [0.05, 0.1) is 23.8 Å². The van der Waals surface area contributed by atoms with E-state index in [1.165, 1.54) is 6.20 Å². The number of rotatable bonds is 7. The fourth-order valence-corrected chi connectivity index (χ4v) is 3.16. The minimum atomic E-state index is -0.693. The van der Waals surface area contributed by atoms with Gasteiger partial charge in [-0.2, -0.15) is 4.98 Å². The molecule has 0 aliphatic carbocycles. The maximum Gasteiger partial charge on any atom is 0.338 e. The molecule has 1 aliphatic heterocycles. The minimum absolute atomic E-state index is 0.0999. The summed E-state index contributed by atoms with van der Waals surface area (Å²) in [7, 11) is 0. The average molecular weight is 405 g/mol. The van der Waals surface area contributed by atoms with Crippen LogP contribution in [0.1, 0.15) is 37.9 Å². The van der Waals surface area contributed by atoms with Crippen molar-refractivity contribution in [2.24, 2.45) is 5.73 Å². The van der Waals surface area contributed by atoms with E-state index in [1.54, 1.807) is 18.2 Å². The number of fused-ring (bicyclic) bond motifs is 1. The van der Waals surface area contributed by atoms with Crippen molar-refractivity contribution in [3.8, 4) is 0 Å². The molecule has 3 aromatic rings. The summed E-state index contributed by atoms with van der Waals surface area (Å²) in [6.45, 7) is 0.00104. The molecule has 2 aromatic carbocycles. The monoisotopic (exact) mass is 405 g/mol. The van der Waals surface area contributed by atoms with E-state index in [2.05, 4.69) is 20.6 Å². The number of cyclic esters (lactones) is 1. The zero-order valence-electron chi connectivity index (χ0n) is 15.8. The van der Waals surface area contributed by atoms with Crippen molar-refractivity contribution in [2.75, 3.05) is 17.2 Å². The van der Waals surface area contributed by atoms with E-state index < -0.39 is 11.9 Å². The maximum absolute atomic E-state index is 11.8. The Labute approximate surface area is 171 Å². The van der Waals surface area contributed by atoms with Crippen LogP contribution in [-0.2, 0) is 11.3 Å². The van der Waals surface area contributed by atoms with Gasteiger partial charge < -0.3 is 26.2 Å². The Kier molecular flexibility index (Phi) is 5.27. The molecule has 1 aliphatic rings. The summed E-state index contributed by atoms with van der Waals surface area (Å²) in [5.41, 5.74) is 8.34. The fourth-order valence-electron chi connectivity index (χ4n) is 3.16. The molecule has 9 heteroatoms. The molecule has 0 fully saturated rings. The van der Waals surface area contributed by atoms with E-state index >= 15 is 0 Å². The zero-order valence-corrected chi connectivity index (χ0v) is 15.8. The van der Waals surface area contributed by atoms with Crippen LogP contribution in [0.25, 0.3) is 0 Å². The molecule has 5 N–H and O–H groups in total. The van der Waals surface area contributed by atoms with E-state index in [0.29, 0.717) is 11.3 Å². The Morgan fingerprint density at radius 3 is 2.77 bits per heavy atom. The lowest BCUT2D eigenvalue weighted by Gasteiger charge is -2.19. The average Bonchev–Trinajstić information content (AvgIpc) is 3.12. The van der Waals surface area contributed by atoms with Crippen LogP contribution in [-0.4, -0.2) is 33.6 Å². The van der Waals surface area contributed by atoms with Crippen molar-refractivity contribution in [1.29, 1.82) is 0 Å². The second-order valence-corrected chi connectivity index (χ2v) is 6.68. The lowest BCUT2D eigenvalue weighted by atomic mass is 10.1. The summed E-state index contributed by atoms with van der Waals surface area (Å²) in [6, 6.07) is 13.9. The van der Waals surface area contributed by atoms with Crippen LogP contribution in [0.15, 0.2) is 54.7 Å². The number of aliphatic hydroxyl groups is 1. The van der Waals surface area contributed by atoms with Crippen LogP contribution >= 0.6 is 0 Å². The van der Waals surface area contributed by atoms with Gasteiger partial charge in [-0.05, 0) is 23.8 Å². The van der Waals surface area contributed by atoms with E-state index in [-0.39, 0.29) is 36.5 Å². The number of hydrogen-bond donors (Lipinski definition) is 4. The highest BCUT2D eigenvalue weighted by Gasteiger charge is 2.21. The second-order valence-electron chi connectivity index (χ2n) is 6.68. The van der Waals surface area contributed by atoms with E-state index in [9.17, 15) is 14.7 Å². The standard InChI is InChI=1S/C21H19N5O4/c22-18(28)16-9-23-21(24-14-6-7-15-13(8-14)11-30-20(15)29)26-19(16)25-17(10-27)12-4-2-1-3-5-12/h1-9,17,27H,10-11H2,(H2,22,28)(H2,23,24,25,26)/t17-/m1/s1. The SMILES string of the molecule is NC(=O)c1cnc(Nc2ccc3c(c2)COC3=O)nc1N[C@H](CO)c1ccccc1. The minimum Gasteiger partial charge on any atom is -0.457 e. The number of primary amides is 1. The molecular weight excluding hydrogens is 386 g/mol. The largest absolute Gasteiger partial charge is 0.457 e. The number of ether oxygens (including phenoxy) is 1. The molecule has 0 bridgehead atoms. The highest BCUT2D eigenvalue weighted by Crippen LogP contribution is 2.26. The van der Waals surface area contributed by atoms with Crippen LogP contribution < -0.4 is 16.4 Å². The van der Waals surface area contributed by atoms with Crippen molar-refractivity contribution in [2.45, 2.75) is 12.6 Å². The van der Waals surface area contributed by atoms with Gasteiger partial charge in [0.1, 0.15) is 12.4 Å².